The first-order valence-electron chi connectivity index (χ1n) is 16.4. The van der Waals surface area contributed by atoms with Crippen molar-refractivity contribution in [1.82, 2.24) is 10.2 Å². The van der Waals surface area contributed by atoms with Gasteiger partial charge in [-0.15, -0.1) is 0 Å². The lowest BCUT2D eigenvalue weighted by atomic mass is 9.94. The van der Waals surface area contributed by atoms with Crippen LogP contribution in [0.2, 0.25) is 0 Å². The standard InChI is InChI=1S/C38H42BrN3O5S/c1-2-47-36-21-13-12-20-34(36)42(48(45,46)33-18-10-5-11-19-33)28-37(43)41(27-30-22-24-31(39)25-23-30)35(26-29-14-6-3-7-15-29)38(44)40-32-16-8-4-9-17-32/h3,5-7,10-15,18-25,32,35H,2,4,8-9,16-17,26-28H2,1H3,(H,40,44). The first-order chi connectivity index (χ1) is 23.3. The van der Waals surface area contributed by atoms with Gasteiger partial charge >= 0.3 is 0 Å². The molecule has 8 nitrogen and oxygen atoms in total. The van der Waals surface area contributed by atoms with Gasteiger partial charge in [0.05, 0.1) is 17.2 Å². The molecule has 0 radical (unpaired) electrons. The summed E-state index contributed by atoms with van der Waals surface area (Å²) < 4.78 is 36.5. The second-order valence-corrected chi connectivity index (χ2v) is 14.7. The van der Waals surface area contributed by atoms with E-state index in [1.54, 1.807) is 42.5 Å². The second kappa shape index (κ2) is 16.8. The number of hydrogen-bond acceptors (Lipinski definition) is 5. The largest absolute Gasteiger partial charge is 0.492 e. The summed E-state index contributed by atoms with van der Waals surface area (Å²) in [5, 5.41) is 3.24. The molecule has 1 N–H and O–H groups in total. The van der Waals surface area contributed by atoms with Crippen LogP contribution >= 0.6 is 15.9 Å². The number of para-hydroxylation sites is 2. The molecule has 2 amide bonds. The summed E-state index contributed by atoms with van der Waals surface area (Å²) in [7, 11) is -4.23. The third kappa shape index (κ3) is 9.05. The van der Waals surface area contributed by atoms with Gasteiger partial charge in [0, 0.05) is 23.5 Å². The molecule has 0 heterocycles. The minimum absolute atomic E-state index is 0.0298. The van der Waals surface area contributed by atoms with Gasteiger partial charge in [0.15, 0.2) is 0 Å². The van der Waals surface area contributed by atoms with E-state index in [-0.39, 0.29) is 35.5 Å². The number of halogens is 1. The number of ether oxygens (including phenoxy) is 1. The van der Waals surface area contributed by atoms with Gasteiger partial charge in [0.25, 0.3) is 10.0 Å². The van der Waals surface area contributed by atoms with Gasteiger partial charge in [-0.25, -0.2) is 8.42 Å². The predicted molar refractivity (Wildman–Crippen MR) is 192 cm³/mol. The number of rotatable bonds is 14. The zero-order chi connectivity index (χ0) is 33.9. The van der Waals surface area contributed by atoms with Crippen LogP contribution < -0.4 is 14.4 Å². The fourth-order valence-electron chi connectivity index (χ4n) is 6.06. The zero-order valence-corrected chi connectivity index (χ0v) is 29.5. The molecule has 1 aliphatic rings. The molecule has 5 rings (SSSR count). The Labute approximate surface area is 292 Å². The van der Waals surface area contributed by atoms with E-state index in [2.05, 4.69) is 21.2 Å². The van der Waals surface area contributed by atoms with E-state index in [9.17, 15) is 18.0 Å². The molecule has 252 valence electrons. The van der Waals surface area contributed by atoms with E-state index in [1.165, 1.54) is 17.0 Å². The first kappa shape index (κ1) is 35.2. The molecule has 1 aliphatic carbocycles. The Hall–Kier alpha value is -4.15. The Morgan fingerprint density at radius 2 is 1.46 bits per heavy atom. The van der Waals surface area contributed by atoms with Gasteiger partial charge in [-0.3, -0.25) is 13.9 Å². The predicted octanol–water partition coefficient (Wildman–Crippen LogP) is 7.13. The van der Waals surface area contributed by atoms with Crippen molar-refractivity contribution in [3.8, 4) is 5.75 Å². The normalized spacial score (nSPS) is 14.1. The van der Waals surface area contributed by atoms with Crippen LogP contribution in [-0.2, 0) is 32.6 Å². The minimum Gasteiger partial charge on any atom is -0.492 e. The lowest BCUT2D eigenvalue weighted by molar-refractivity contribution is -0.140. The Balaban J connectivity index is 1.58. The second-order valence-electron chi connectivity index (χ2n) is 11.9. The van der Waals surface area contributed by atoms with Gasteiger partial charge in [0.2, 0.25) is 11.8 Å². The molecule has 0 aromatic heterocycles. The average molecular weight is 733 g/mol. The van der Waals surface area contributed by atoms with Crippen molar-refractivity contribution >= 4 is 43.5 Å². The van der Waals surface area contributed by atoms with Crippen LogP contribution in [0.25, 0.3) is 0 Å². The smallest absolute Gasteiger partial charge is 0.264 e. The van der Waals surface area contributed by atoms with Crippen molar-refractivity contribution in [3.05, 3.63) is 125 Å². The van der Waals surface area contributed by atoms with Crippen LogP contribution in [0, 0.1) is 0 Å². The number of nitrogens with one attached hydrogen (secondary N) is 1. The molecule has 1 unspecified atom stereocenters. The fourth-order valence-corrected chi connectivity index (χ4v) is 7.77. The molecule has 1 atom stereocenters. The Bertz CT molecular complexity index is 1750. The van der Waals surface area contributed by atoms with E-state index in [1.807, 2.05) is 61.5 Å². The van der Waals surface area contributed by atoms with E-state index in [4.69, 9.17) is 4.74 Å². The molecular formula is C38H42BrN3O5S. The SMILES string of the molecule is CCOc1ccccc1N(CC(=O)N(Cc1ccc(Br)cc1)C(Cc1ccccc1)C(=O)NC1CCCCC1)S(=O)(=O)c1ccccc1. The van der Waals surface area contributed by atoms with E-state index < -0.39 is 28.5 Å². The van der Waals surface area contributed by atoms with Crippen molar-refractivity contribution in [2.24, 2.45) is 0 Å². The minimum atomic E-state index is -4.23. The van der Waals surface area contributed by atoms with Gasteiger partial charge in [-0.05, 0) is 67.3 Å². The summed E-state index contributed by atoms with van der Waals surface area (Å²) in [5.41, 5.74) is 1.94. The van der Waals surface area contributed by atoms with Crippen molar-refractivity contribution in [2.45, 2.75) is 69.0 Å². The molecule has 0 bridgehead atoms. The highest BCUT2D eigenvalue weighted by Crippen LogP contribution is 2.33. The molecule has 1 saturated carbocycles. The lowest BCUT2D eigenvalue weighted by Crippen LogP contribution is -2.55. The first-order valence-corrected chi connectivity index (χ1v) is 18.7. The molecule has 48 heavy (non-hydrogen) atoms. The van der Waals surface area contributed by atoms with E-state index in [0.29, 0.717) is 12.4 Å². The molecule has 0 saturated heterocycles. The quantitative estimate of drug-likeness (QED) is 0.149. The number of benzene rings is 4. The third-order valence-electron chi connectivity index (χ3n) is 8.53. The van der Waals surface area contributed by atoms with Crippen molar-refractivity contribution in [3.63, 3.8) is 0 Å². The highest BCUT2D eigenvalue weighted by atomic mass is 79.9. The maximum Gasteiger partial charge on any atom is 0.264 e. The monoisotopic (exact) mass is 731 g/mol. The molecule has 4 aromatic carbocycles. The zero-order valence-electron chi connectivity index (χ0n) is 27.1. The van der Waals surface area contributed by atoms with Crippen molar-refractivity contribution in [2.75, 3.05) is 17.5 Å². The van der Waals surface area contributed by atoms with Gasteiger partial charge < -0.3 is 15.0 Å². The number of anilines is 1. The van der Waals surface area contributed by atoms with Crippen LogP contribution in [0.1, 0.15) is 50.2 Å². The summed E-state index contributed by atoms with van der Waals surface area (Å²) in [6, 6.07) is 31.1. The molecule has 0 spiro atoms. The molecule has 4 aromatic rings. The molecule has 10 heteroatoms. The number of hydrogen-bond donors (Lipinski definition) is 1. The fraction of sp³-hybridized carbons (Fsp3) is 0.316. The Morgan fingerprint density at radius 3 is 2.12 bits per heavy atom. The summed E-state index contributed by atoms with van der Waals surface area (Å²) >= 11 is 3.48. The highest BCUT2D eigenvalue weighted by molar-refractivity contribution is 9.10. The number of amides is 2. The highest BCUT2D eigenvalue weighted by Gasteiger charge is 2.36. The molecule has 1 fully saturated rings. The van der Waals surface area contributed by atoms with Crippen molar-refractivity contribution < 1.29 is 22.7 Å². The maximum atomic E-state index is 14.8. The summed E-state index contributed by atoms with van der Waals surface area (Å²) in [6.45, 7) is 1.69. The molecular weight excluding hydrogens is 690 g/mol. The van der Waals surface area contributed by atoms with Gasteiger partial charge in [0.1, 0.15) is 18.3 Å². The number of carbonyl (C=O) groups is 2. The van der Waals surface area contributed by atoms with Gasteiger partial charge in [-0.1, -0.05) is 108 Å². The number of carbonyl (C=O) groups excluding carboxylic acids is 2. The Kier molecular flexibility index (Phi) is 12.3. The molecule has 0 aliphatic heterocycles. The summed E-state index contributed by atoms with van der Waals surface area (Å²) in [5.74, 6) is -0.422. The summed E-state index contributed by atoms with van der Waals surface area (Å²) in [4.78, 5) is 30.6. The number of nitrogens with zero attached hydrogens (tertiary/aromatic N) is 2. The average Bonchev–Trinajstić information content (AvgIpc) is 3.11. The Morgan fingerprint density at radius 1 is 0.833 bits per heavy atom. The van der Waals surface area contributed by atoms with Crippen LogP contribution in [0.15, 0.2) is 119 Å². The summed E-state index contributed by atoms with van der Waals surface area (Å²) in [6.07, 6.45) is 5.28. The van der Waals surface area contributed by atoms with Crippen molar-refractivity contribution in [1.29, 1.82) is 0 Å². The third-order valence-corrected chi connectivity index (χ3v) is 10.8. The van der Waals surface area contributed by atoms with Crippen LogP contribution in [0.4, 0.5) is 5.69 Å². The lowest BCUT2D eigenvalue weighted by Gasteiger charge is -2.35. The van der Waals surface area contributed by atoms with Gasteiger partial charge in [-0.2, -0.15) is 0 Å². The van der Waals surface area contributed by atoms with E-state index in [0.717, 1.165) is 52.0 Å². The number of sulfonamides is 1. The van der Waals surface area contributed by atoms with E-state index >= 15 is 0 Å². The van der Waals surface area contributed by atoms with Crippen LogP contribution in [0.5, 0.6) is 5.75 Å². The topological polar surface area (TPSA) is 96.0 Å². The van der Waals surface area contributed by atoms with Crippen LogP contribution in [0.3, 0.4) is 0 Å². The maximum absolute atomic E-state index is 14.8. The van der Waals surface area contributed by atoms with Crippen LogP contribution in [-0.4, -0.2) is 50.4 Å².